The van der Waals surface area contributed by atoms with Crippen LogP contribution in [0.2, 0.25) is 0 Å². The van der Waals surface area contributed by atoms with E-state index in [1.807, 2.05) is 11.8 Å². The van der Waals surface area contributed by atoms with Crippen molar-refractivity contribution in [2.24, 2.45) is 0 Å². The predicted molar refractivity (Wildman–Crippen MR) is 217 cm³/mol. The third-order valence-corrected chi connectivity index (χ3v) is 9.89. The van der Waals surface area contributed by atoms with Crippen LogP contribution in [0.25, 0.3) is 21.9 Å². The number of thioether (sulfide) groups is 1. The first kappa shape index (κ1) is 32.8. The molecule has 0 unspecified atom stereocenters. The lowest BCUT2D eigenvalue weighted by Crippen LogP contribution is -2.15. The van der Waals surface area contributed by atoms with Gasteiger partial charge in [0.1, 0.15) is 0 Å². The fourth-order valence-corrected chi connectivity index (χ4v) is 7.17. The number of hydrogen-bond donors (Lipinski definition) is 0. The van der Waals surface area contributed by atoms with Crippen LogP contribution in [0.1, 0.15) is 19.4 Å². The monoisotopic (exact) mass is 664 g/mol. The molecule has 2 nitrogen and oxygen atoms in total. The lowest BCUT2D eigenvalue weighted by atomic mass is 10.0. The molecule has 0 saturated heterocycles. The molecule has 0 saturated carbocycles. The molecule has 0 spiro atoms. The van der Waals surface area contributed by atoms with Crippen LogP contribution < -0.4 is 9.80 Å². The normalized spacial score (nSPS) is 11.6. The van der Waals surface area contributed by atoms with Crippen molar-refractivity contribution in [2.75, 3.05) is 9.80 Å². The zero-order valence-corrected chi connectivity index (χ0v) is 29.3. The summed E-state index contributed by atoms with van der Waals surface area (Å²) in [6.45, 7) is 4.17. The number of hydrogen-bond acceptors (Lipinski definition) is 3. The van der Waals surface area contributed by atoms with Gasteiger partial charge in [-0.25, -0.2) is 0 Å². The van der Waals surface area contributed by atoms with Gasteiger partial charge in [0.05, 0.1) is 0 Å². The molecule has 0 aliphatic rings. The zero-order chi connectivity index (χ0) is 34.1. The molecule has 244 valence electrons. The summed E-state index contributed by atoms with van der Waals surface area (Å²) in [5, 5.41) is 2.46. The van der Waals surface area contributed by atoms with Crippen molar-refractivity contribution in [3.63, 3.8) is 0 Å². The van der Waals surface area contributed by atoms with Gasteiger partial charge in [-0.05, 0) is 120 Å². The molecular weight excluding hydrogens is 625 g/mol. The van der Waals surface area contributed by atoms with Crippen LogP contribution >= 0.6 is 11.8 Å². The van der Waals surface area contributed by atoms with E-state index in [9.17, 15) is 0 Å². The molecule has 0 bridgehead atoms. The van der Waals surface area contributed by atoms with Crippen LogP contribution in [0.4, 0.5) is 28.4 Å². The Morgan fingerprint density at radius 1 is 0.500 bits per heavy atom. The maximum Gasteiger partial charge on any atom is 0.0467 e. The zero-order valence-electron chi connectivity index (χ0n) is 28.5. The number of benzene rings is 7. The molecule has 7 aromatic carbocycles. The molecular formula is C47H40N2S. The lowest BCUT2D eigenvalue weighted by Gasteiger charge is -2.27. The van der Waals surface area contributed by atoms with E-state index in [1.54, 1.807) is 0 Å². The van der Waals surface area contributed by atoms with E-state index in [4.69, 9.17) is 0 Å². The maximum absolute atomic E-state index is 2.34. The summed E-state index contributed by atoms with van der Waals surface area (Å²) in [5.74, 6) is 0.955. The Balaban J connectivity index is 1.19. The number of nitrogens with zero attached hydrogens (tertiary/aromatic N) is 2. The van der Waals surface area contributed by atoms with Crippen molar-refractivity contribution < 1.29 is 0 Å². The minimum atomic E-state index is 0.955. The summed E-state index contributed by atoms with van der Waals surface area (Å²) in [5.41, 5.74) is 10.4. The van der Waals surface area contributed by atoms with Gasteiger partial charge in [0, 0.05) is 44.8 Å². The molecule has 7 rings (SSSR count). The van der Waals surface area contributed by atoms with Crippen molar-refractivity contribution in [2.45, 2.75) is 24.5 Å². The quantitative estimate of drug-likeness (QED) is 0.100. The van der Waals surface area contributed by atoms with Crippen molar-refractivity contribution >= 4 is 51.0 Å². The molecule has 0 atom stereocenters. The fraction of sp³-hybridized carbons (Fsp3) is 0.0638. The van der Waals surface area contributed by atoms with Gasteiger partial charge in [-0.15, -0.1) is 11.8 Å². The first-order valence-corrected chi connectivity index (χ1v) is 18.1. The maximum atomic E-state index is 2.34. The molecule has 0 aliphatic heterocycles. The lowest BCUT2D eigenvalue weighted by molar-refractivity contribution is 1.20. The second-order valence-electron chi connectivity index (χ2n) is 12.1. The predicted octanol–water partition coefficient (Wildman–Crippen LogP) is 13.9. The molecule has 0 aromatic heterocycles. The Morgan fingerprint density at radius 3 is 1.78 bits per heavy atom. The van der Waals surface area contributed by atoms with E-state index < -0.39 is 0 Å². The van der Waals surface area contributed by atoms with E-state index in [0.29, 0.717) is 0 Å². The topological polar surface area (TPSA) is 6.48 Å². The van der Waals surface area contributed by atoms with E-state index in [-0.39, 0.29) is 0 Å². The van der Waals surface area contributed by atoms with Gasteiger partial charge in [-0.2, -0.15) is 0 Å². The van der Waals surface area contributed by atoms with E-state index >= 15 is 0 Å². The van der Waals surface area contributed by atoms with E-state index in [0.717, 1.165) is 39.9 Å². The highest BCUT2D eigenvalue weighted by molar-refractivity contribution is 7.98. The van der Waals surface area contributed by atoms with Crippen LogP contribution in [0.15, 0.2) is 205 Å². The third-order valence-electron chi connectivity index (χ3n) is 8.80. The van der Waals surface area contributed by atoms with Gasteiger partial charge < -0.3 is 9.80 Å². The van der Waals surface area contributed by atoms with Gasteiger partial charge in [0.25, 0.3) is 0 Å². The Bertz CT molecular complexity index is 2220. The van der Waals surface area contributed by atoms with Crippen LogP contribution in [0, 0.1) is 0 Å². The number of allylic oxidation sites excluding steroid dienone is 3. The second-order valence-corrected chi connectivity index (χ2v) is 13.2. The molecule has 0 heterocycles. The van der Waals surface area contributed by atoms with Crippen LogP contribution in [0.5, 0.6) is 0 Å². The minimum Gasteiger partial charge on any atom is -0.311 e. The van der Waals surface area contributed by atoms with Gasteiger partial charge in [-0.3, -0.25) is 0 Å². The van der Waals surface area contributed by atoms with Crippen molar-refractivity contribution in [1.82, 2.24) is 0 Å². The molecule has 0 radical (unpaired) electrons. The molecule has 50 heavy (non-hydrogen) atoms. The SMILES string of the molecule is C/C=C\C(=C/C)N(c1cccc(-c2ccc(N(c3ccccc3)c3ccc(SCc4ccccc4)cc3)cc2)c1)c1ccc2ccccc2c1. The van der Waals surface area contributed by atoms with Crippen LogP contribution in [-0.2, 0) is 5.75 Å². The largest absolute Gasteiger partial charge is 0.311 e. The van der Waals surface area contributed by atoms with Gasteiger partial charge >= 0.3 is 0 Å². The Kier molecular flexibility index (Phi) is 10.2. The van der Waals surface area contributed by atoms with Gasteiger partial charge in [-0.1, -0.05) is 115 Å². The summed E-state index contributed by atoms with van der Waals surface area (Å²) in [6.07, 6.45) is 6.44. The summed E-state index contributed by atoms with van der Waals surface area (Å²) >= 11 is 1.86. The highest BCUT2D eigenvalue weighted by Crippen LogP contribution is 2.38. The summed E-state index contributed by atoms with van der Waals surface area (Å²) < 4.78 is 0. The summed E-state index contributed by atoms with van der Waals surface area (Å²) in [4.78, 5) is 5.92. The average Bonchev–Trinajstić information content (AvgIpc) is 3.18. The Labute approximate surface area is 300 Å². The first-order chi connectivity index (χ1) is 24.7. The van der Waals surface area contributed by atoms with Crippen molar-refractivity contribution in [3.05, 3.63) is 205 Å². The minimum absolute atomic E-state index is 0.955. The van der Waals surface area contributed by atoms with Crippen molar-refractivity contribution in [3.8, 4) is 11.1 Å². The molecule has 3 heteroatoms. The third kappa shape index (κ3) is 7.44. The van der Waals surface area contributed by atoms with Crippen molar-refractivity contribution in [1.29, 1.82) is 0 Å². The fourth-order valence-electron chi connectivity index (χ4n) is 6.32. The molecule has 0 fully saturated rings. The van der Waals surface area contributed by atoms with E-state index in [2.05, 4.69) is 218 Å². The van der Waals surface area contributed by atoms with Gasteiger partial charge in [0.2, 0.25) is 0 Å². The molecule has 0 amide bonds. The summed E-state index contributed by atoms with van der Waals surface area (Å²) in [6, 6.07) is 63.1. The second kappa shape index (κ2) is 15.6. The standard InChI is InChI=1S/C47H40N2S/c1-3-14-41(4-2)48(46-28-25-37-17-11-12-18-39(37)34-46)45-22-13-19-40(33-45)38-23-26-43(27-24-38)49(42-20-9-6-10-21-42)44-29-31-47(32-30-44)50-35-36-15-7-5-8-16-36/h3-34H,35H2,1-2H3/b14-3-,41-4+. The number of para-hydroxylation sites is 1. The molecule has 7 aromatic rings. The van der Waals surface area contributed by atoms with Crippen LogP contribution in [0.3, 0.4) is 0 Å². The number of fused-ring (bicyclic) bond motifs is 1. The van der Waals surface area contributed by atoms with E-state index in [1.165, 1.54) is 32.4 Å². The number of anilines is 5. The highest BCUT2D eigenvalue weighted by atomic mass is 32.2. The smallest absolute Gasteiger partial charge is 0.0467 e. The highest BCUT2D eigenvalue weighted by Gasteiger charge is 2.16. The molecule has 0 N–H and O–H groups in total. The molecule has 0 aliphatic carbocycles. The van der Waals surface area contributed by atoms with Crippen LogP contribution in [-0.4, -0.2) is 0 Å². The first-order valence-electron chi connectivity index (χ1n) is 17.1. The number of rotatable bonds is 11. The Morgan fingerprint density at radius 2 is 1.08 bits per heavy atom. The summed E-state index contributed by atoms with van der Waals surface area (Å²) in [7, 11) is 0. The Hall–Kier alpha value is -5.77. The average molecular weight is 665 g/mol. The van der Waals surface area contributed by atoms with Gasteiger partial charge in [0.15, 0.2) is 0 Å².